The third-order valence-corrected chi connectivity index (χ3v) is 3.19. The van der Waals surface area contributed by atoms with E-state index >= 15 is 0 Å². The Morgan fingerprint density at radius 1 is 1.61 bits per heavy atom. The van der Waals surface area contributed by atoms with Gasteiger partial charge in [0.05, 0.1) is 35.5 Å². The van der Waals surface area contributed by atoms with Crippen molar-refractivity contribution in [3.8, 4) is 0 Å². The van der Waals surface area contributed by atoms with Crippen LogP contribution in [0.2, 0.25) is 5.02 Å². The monoisotopic (exact) mass is 380 g/mol. The number of rotatable bonds is 5. The average Bonchev–Trinajstić information content (AvgIpc) is 2.37. The van der Waals surface area contributed by atoms with Crippen LogP contribution in [0.4, 0.5) is 0 Å². The molecule has 0 spiro atoms. The quantitative estimate of drug-likeness (QED) is 0.417. The van der Waals surface area contributed by atoms with Gasteiger partial charge in [-0.25, -0.2) is 0 Å². The second-order valence-electron chi connectivity index (χ2n) is 3.56. The summed E-state index contributed by atoms with van der Waals surface area (Å²) in [7, 11) is 0. The standard InChI is InChI=1S/C12H14ClIN2O2/c1-2-10(16-14)12(18)15-11(7-17)8-4-3-5-9(13)6-8/h2-6,11,16-17H,7H2,1H3,(H,15,18)/b10-2-/t11-/m1/s1. The van der Waals surface area contributed by atoms with Gasteiger partial charge in [0.15, 0.2) is 0 Å². The zero-order valence-electron chi connectivity index (χ0n) is 9.78. The van der Waals surface area contributed by atoms with Gasteiger partial charge in [-0.2, -0.15) is 0 Å². The molecule has 0 aliphatic rings. The second kappa shape index (κ2) is 7.60. The number of amides is 1. The molecular weight excluding hydrogens is 367 g/mol. The van der Waals surface area contributed by atoms with Crippen LogP contribution in [0.15, 0.2) is 36.0 Å². The van der Waals surface area contributed by atoms with Gasteiger partial charge >= 0.3 is 0 Å². The van der Waals surface area contributed by atoms with Gasteiger partial charge in [0.2, 0.25) is 0 Å². The van der Waals surface area contributed by atoms with Gasteiger partial charge in [-0.3, -0.25) is 4.79 Å². The minimum Gasteiger partial charge on any atom is -0.394 e. The smallest absolute Gasteiger partial charge is 0.268 e. The lowest BCUT2D eigenvalue weighted by Gasteiger charge is -2.17. The summed E-state index contributed by atoms with van der Waals surface area (Å²) >= 11 is 7.76. The van der Waals surface area contributed by atoms with Crippen molar-refractivity contribution in [2.75, 3.05) is 6.61 Å². The van der Waals surface area contributed by atoms with Crippen LogP contribution in [0, 0.1) is 0 Å². The molecule has 1 amide bonds. The van der Waals surface area contributed by atoms with Gasteiger partial charge in [-0.05, 0) is 24.6 Å². The molecule has 0 bridgehead atoms. The second-order valence-corrected chi connectivity index (χ2v) is 4.54. The molecule has 0 radical (unpaired) electrons. The average molecular weight is 381 g/mol. The molecule has 0 aliphatic carbocycles. The van der Waals surface area contributed by atoms with Gasteiger partial charge < -0.3 is 14.0 Å². The Bertz CT molecular complexity index is 451. The summed E-state index contributed by atoms with van der Waals surface area (Å²) in [4.78, 5) is 11.8. The normalized spacial score (nSPS) is 13.0. The molecule has 1 aromatic rings. The number of benzene rings is 1. The van der Waals surface area contributed by atoms with E-state index in [4.69, 9.17) is 11.6 Å². The van der Waals surface area contributed by atoms with E-state index in [0.717, 1.165) is 5.56 Å². The van der Waals surface area contributed by atoms with Crippen LogP contribution in [0.1, 0.15) is 18.5 Å². The Kier molecular flexibility index (Phi) is 6.45. The molecule has 0 fully saturated rings. The predicted octanol–water partition coefficient (Wildman–Crippen LogP) is 2.33. The van der Waals surface area contributed by atoms with Crippen LogP contribution in [-0.2, 0) is 4.79 Å². The van der Waals surface area contributed by atoms with Gasteiger partial charge in [-0.1, -0.05) is 29.8 Å². The number of aliphatic hydroxyl groups is 1. The number of nitrogens with one attached hydrogen (secondary N) is 2. The maximum Gasteiger partial charge on any atom is 0.268 e. The molecule has 0 unspecified atom stereocenters. The highest BCUT2D eigenvalue weighted by Gasteiger charge is 2.16. The number of allylic oxidation sites excluding steroid dienone is 1. The molecule has 1 rings (SSSR count). The minimum absolute atomic E-state index is 0.190. The lowest BCUT2D eigenvalue weighted by molar-refractivity contribution is -0.118. The van der Waals surface area contributed by atoms with E-state index in [2.05, 4.69) is 8.85 Å². The van der Waals surface area contributed by atoms with Crippen LogP contribution in [-0.4, -0.2) is 17.6 Å². The largest absolute Gasteiger partial charge is 0.394 e. The van der Waals surface area contributed by atoms with Crippen LogP contribution in [0.3, 0.4) is 0 Å². The van der Waals surface area contributed by atoms with Crippen molar-refractivity contribution in [1.29, 1.82) is 0 Å². The Morgan fingerprint density at radius 3 is 2.83 bits per heavy atom. The molecule has 0 saturated heterocycles. The van der Waals surface area contributed by atoms with E-state index in [0.29, 0.717) is 10.7 Å². The first-order chi connectivity index (χ1) is 8.62. The molecule has 98 valence electrons. The van der Waals surface area contributed by atoms with E-state index in [1.807, 2.05) is 22.9 Å². The number of carbonyl (C=O) groups excluding carboxylic acids is 1. The Balaban J connectivity index is 2.83. The van der Waals surface area contributed by atoms with Crippen molar-refractivity contribution in [3.05, 3.63) is 46.6 Å². The van der Waals surface area contributed by atoms with Gasteiger partial charge in [0.1, 0.15) is 5.70 Å². The fraction of sp³-hybridized carbons (Fsp3) is 0.250. The third kappa shape index (κ3) is 4.15. The van der Waals surface area contributed by atoms with Crippen molar-refractivity contribution >= 4 is 40.4 Å². The summed E-state index contributed by atoms with van der Waals surface area (Å²) in [6.45, 7) is 1.57. The third-order valence-electron chi connectivity index (χ3n) is 2.37. The van der Waals surface area contributed by atoms with Crippen molar-refractivity contribution in [1.82, 2.24) is 8.85 Å². The molecule has 1 atom stereocenters. The maximum absolute atomic E-state index is 11.8. The van der Waals surface area contributed by atoms with E-state index in [9.17, 15) is 9.90 Å². The van der Waals surface area contributed by atoms with Crippen LogP contribution < -0.4 is 8.85 Å². The highest BCUT2D eigenvalue weighted by molar-refractivity contribution is 14.1. The van der Waals surface area contributed by atoms with E-state index < -0.39 is 6.04 Å². The van der Waals surface area contributed by atoms with Crippen molar-refractivity contribution < 1.29 is 9.90 Å². The van der Waals surface area contributed by atoms with Crippen molar-refractivity contribution in [2.24, 2.45) is 0 Å². The Morgan fingerprint density at radius 2 is 2.33 bits per heavy atom. The maximum atomic E-state index is 11.8. The molecule has 6 heteroatoms. The summed E-state index contributed by atoms with van der Waals surface area (Å²) in [6, 6.07) is 6.57. The zero-order chi connectivity index (χ0) is 13.5. The summed E-state index contributed by atoms with van der Waals surface area (Å²) in [5.74, 6) is -0.272. The van der Waals surface area contributed by atoms with Crippen molar-refractivity contribution in [3.63, 3.8) is 0 Å². The summed E-state index contributed by atoms with van der Waals surface area (Å²) in [5, 5.41) is 12.6. The molecule has 4 nitrogen and oxygen atoms in total. The topological polar surface area (TPSA) is 61.4 Å². The number of halogens is 2. The van der Waals surface area contributed by atoms with Crippen LogP contribution in [0.5, 0.6) is 0 Å². The number of aliphatic hydroxyl groups excluding tert-OH is 1. The molecule has 0 aliphatic heterocycles. The molecule has 0 heterocycles. The van der Waals surface area contributed by atoms with Crippen LogP contribution >= 0.6 is 34.5 Å². The molecule has 0 saturated carbocycles. The molecule has 18 heavy (non-hydrogen) atoms. The first-order valence-corrected chi connectivity index (χ1v) is 6.78. The number of carbonyl (C=O) groups is 1. The van der Waals surface area contributed by atoms with Gasteiger partial charge in [-0.15, -0.1) is 0 Å². The zero-order valence-corrected chi connectivity index (χ0v) is 12.7. The van der Waals surface area contributed by atoms with Crippen LogP contribution in [0.25, 0.3) is 0 Å². The SMILES string of the molecule is C/C=C(\NI)C(=O)N[C@H](CO)c1cccc(Cl)c1. The number of hydrogen-bond donors (Lipinski definition) is 3. The van der Waals surface area contributed by atoms with Gasteiger partial charge in [0, 0.05) is 5.02 Å². The van der Waals surface area contributed by atoms with Crippen molar-refractivity contribution in [2.45, 2.75) is 13.0 Å². The first kappa shape index (κ1) is 15.3. The molecule has 0 aromatic heterocycles. The summed E-state index contributed by atoms with van der Waals surface area (Å²) < 4.78 is 2.76. The van der Waals surface area contributed by atoms with E-state index in [-0.39, 0.29) is 12.5 Å². The Hall–Kier alpha value is -0.790. The fourth-order valence-electron chi connectivity index (χ4n) is 1.42. The predicted molar refractivity (Wildman–Crippen MR) is 80.3 cm³/mol. The highest BCUT2D eigenvalue weighted by Crippen LogP contribution is 2.17. The number of hydrogen-bond acceptors (Lipinski definition) is 3. The first-order valence-electron chi connectivity index (χ1n) is 5.32. The van der Waals surface area contributed by atoms with Gasteiger partial charge in [0.25, 0.3) is 5.91 Å². The summed E-state index contributed by atoms with van der Waals surface area (Å²) in [5.41, 5.74) is 1.21. The van der Waals surface area contributed by atoms with E-state index in [1.54, 1.807) is 37.3 Å². The fourth-order valence-corrected chi connectivity index (χ4v) is 2.18. The highest BCUT2D eigenvalue weighted by atomic mass is 127. The van der Waals surface area contributed by atoms with E-state index in [1.165, 1.54) is 0 Å². The minimum atomic E-state index is -0.476. The molecular formula is C12H14ClIN2O2. The lowest BCUT2D eigenvalue weighted by Crippen LogP contribution is -2.34. The molecule has 3 N–H and O–H groups in total. The molecule has 1 aromatic carbocycles. The summed E-state index contributed by atoms with van der Waals surface area (Å²) in [6.07, 6.45) is 1.66. The lowest BCUT2D eigenvalue weighted by atomic mass is 10.1. The Labute approximate surface area is 125 Å².